The molecule has 5 aromatic rings. The van der Waals surface area contributed by atoms with E-state index in [1.807, 2.05) is 36.0 Å². The van der Waals surface area contributed by atoms with Crippen LogP contribution in [0.1, 0.15) is 77.7 Å². The molecule has 0 saturated heterocycles. The minimum atomic E-state index is -4.52. The zero-order chi connectivity index (χ0) is 29.7. The van der Waals surface area contributed by atoms with Crippen LogP contribution in [-0.2, 0) is 6.18 Å². The standard InChI is InChI=1S/C33H29F3N6O/c1-19(39-31(43)23-3-2-4-25(13-23)33(34,35)36)21-9-12-28(20-5-6-20)29(14-21)22-7-8-24-16-37-32(41-30(24)15-22)40-26-17-38-42(18-26)27-10-11-27/h2-4,7-9,12-20,27H,5-6,10-11H2,1H3,(H,39,43)(H,37,40,41)/t19-/m1/s1. The molecule has 1 amide bonds. The summed E-state index contributed by atoms with van der Waals surface area (Å²) in [5.74, 6) is 0.402. The van der Waals surface area contributed by atoms with Crippen molar-refractivity contribution in [2.75, 3.05) is 5.32 Å². The summed E-state index contributed by atoms with van der Waals surface area (Å²) in [5.41, 5.74) is 4.90. The zero-order valence-electron chi connectivity index (χ0n) is 23.4. The maximum atomic E-state index is 13.2. The minimum absolute atomic E-state index is 0.0324. The normalized spacial score (nSPS) is 15.8. The molecule has 0 unspecified atom stereocenters. The van der Waals surface area contributed by atoms with Gasteiger partial charge in [0.15, 0.2) is 0 Å². The second-order valence-corrected chi connectivity index (χ2v) is 11.4. The first-order chi connectivity index (χ1) is 20.7. The van der Waals surface area contributed by atoms with Crippen LogP contribution in [0, 0.1) is 0 Å². The highest BCUT2D eigenvalue weighted by molar-refractivity contribution is 5.94. The van der Waals surface area contributed by atoms with Gasteiger partial charge in [-0.3, -0.25) is 9.48 Å². The molecule has 2 saturated carbocycles. The highest BCUT2D eigenvalue weighted by Gasteiger charge is 2.31. The molecule has 0 aliphatic heterocycles. The summed E-state index contributed by atoms with van der Waals surface area (Å²) in [4.78, 5) is 22.1. The van der Waals surface area contributed by atoms with Crippen molar-refractivity contribution < 1.29 is 18.0 Å². The number of nitrogens with one attached hydrogen (secondary N) is 2. The van der Waals surface area contributed by atoms with Gasteiger partial charge < -0.3 is 10.6 Å². The topological polar surface area (TPSA) is 84.7 Å². The average Bonchev–Trinajstić information content (AvgIpc) is 3.95. The number of hydrogen-bond acceptors (Lipinski definition) is 5. The van der Waals surface area contributed by atoms with Crippen molar-refractivity contribution in [2.45, 2.75) is 56.8 Å². The van der Waals surface area contributed by atoms with Crippen LogP contribution in [-0.4, -0.2) is 25.7 Å². The van der Waals surface area contributed by atoms with E-state index >= 15 is 0 Å². The highest BCUT2D eigenvalue weighted by atomic mass is 19.4. The smallest absolute Gasteiger partial charge is 0.346 e. The van der Waals surface area contributed by atoms with Crippen LogP contribution >= 0.6 is 0 Å². The summed E-state index contributed by atoms with van der Waals surface area (Å²) in [6, 6.07) is 16.8. The zero-order valence-corrected chi connectivity index (χ0v) is 23.4. The SMILES string of the molecule is C[C@@H](NC(=O)c1cccc(C(F)(F)F)c1)c1ccc(C2CC2)c(-c2ccc3cnc(Nc4cnn(C5CC5)c4)nc3c2)c1. The summed E-state index contributed by atoms with van der Waals surface area (Å²) in [7, 11) is 0. The Bertz CT molecular complexity index is 1840. The number of carbonyl (C=O) groups is 1. The largest absolute Gasteiger partial charge is 0.416 e. The maximum absolute atomic E-state index is 13.2. The van der Waals surface area contributed by atoms with Gasteiger partial charge in [0.25, 0.3) is 5.91 Å². The van der Waals surface area contributed by atoms with Crippen LogP contribution in [0.15, 0.2) is 79.3 Å². The van der Waals surface area contributed by atoms with Crippen LogP contribution < -0.4 is 10.6 Å². The Kier molecular flexibility index (Phi) is 6.64. The third-order valence-electron chi connectivity index (χ3n) is 8.07. The van der Waals surface area contributed by atoms with E-state index in [-0.39, 0.29) is 5.56 Å². The number of rotatable bonds is 8. The van der Waals surface area contributed by atoms with Gasteiger partial charge in [-0.05, 0) is 91.1 Å². The Hall–Kier alpha value is -4.73. The fourth-order valence-electron chi connectivity index (χ4n) is 5.37. The first kappa shape index (κ1) is 27.1. The van der Waals surface area contributed by atoms with Crippen LogP contribution in [0.5, 0.6) is 0 Å². The Labute approximate surface area is 246 Å². The predicted molar refractivity (Wildman–Crippen MR) is 158 cm³/mol. The lowest BCUT2D eigenvalue weighted by atomic mass is 9.92. The third-order valence-corrected chi connectivity index (χ3v) is 8.07. The Morgan fingerprint density at radius 3 is 2.60 bits per heavy atom. The monoisotopic (exact) mass is 582 g/mol. The molecule has 2 heterocycles. The lowest BCUT2D eigenvalue weighted by molar-refractivity contribution is -0.137. The molecule has 2 fully saturated rings. The summed E-state index contributed by atoms with van der Waals surface area (Å²) >= 11 is 0. The van der Waals surface area contributed by atoms with Crippen molar-refractivity contribution in [1.82, 2.24) is 25.1 Å². The van der Waals surface area contributed by atoms with Crippen molar-refractivity contribution in [3.05, 3.63) is 102 Å². The Balaban J connectivity index is 1.15. The highest BCUT2D eigenvalue weighted by Crippen LogP contribution is 2.45. The number of fused-ring (bicyclic) bond motifs is 1. The molecule has 10 heteroatoms. The minimum Gasteiger partial charge on any atom is -0.346 e. The van der Waals surface area contributed by atoms with E-state index < -0.39 is 23.7 Å². The molecular formula is C33H29F3N6O. The van der Waals surface area contributed by atoms with Crippen LogP contribution in [0.2, 0.25) is 0 Å². The fraction of sp³-hybridized carbons (Fsp3) is 0.273. The van der Waals surface area contributed by atoms with E-state index in [0.717, 1.165) is 71.1 Å². The van der Waals surface area contributed by atoms with E-state index in [1.54, 1.807) is 12.4 Å². The molecular weight excluding hydrogens is 553 g/mol. The van der Waals surface area contributed by atoms with E-state index in [0.29, 0.717) is 17.9 Å². The van der Waals surface area contributed by atoms with Crippen LogP contribution in [0.25, 0.3) is 22.0 Å². The Morgan fingerprint density at radius 2 is 1.84 bits per heavy atom. The molecule has 7 rings (SSSR count). The van der Waals surface area contributed by atoms with E-state index in [2.05, 4.69) is 38.9 Å². The molecule has 2 aromatic heterocycles. The molecule has 2 aliphatic carbocycles. The number of amides is 1. The number of nitrogens with zero attached hydrogens (tertiary/aromatic N) is 4. The van der Waals surface area contributed by atoms with E-state index in [1.165, 1.54) is 17.7 Å². The number of alkyl halides is 3. The van der Waals surface area contributed by atoms with Gasteiger partial charge in [-0.1, -0.05) is 30.3 Å². The maximum Gasteiger partial charge on any atom is 0.416 e. The van der Waals surface area contributed by atoms with Gasteiger partial charge in [0.1, 0.15) is 0 Å². The third kappa shape index (κ3) is 5.82. The lowest BCUT2D eigenvalue weighted by Crippen LogP contribution is -2.27. The summed E-state index contributed by atoms with van der Waals surface area (Å²) in [5, 5.41) is 11.5. The van der Waals surface area contributed by atoms with E-state index in [9.17, 15) is 18.0 Å². The van der Waals surface area contributed by atoms with Crippen molar-refractivity contribution in [3.63, 3.8) is 0 Å². The van der Waals surface area contributed by atoms with Crippen molar-refractivity contribution in [1.29, 1.82) is 0 Å². The molecule has 2 aliphatic rings. The van der Waals surface area contributed by atoms with Gasteiger partial charge in [0.2, 0.25) is 5.95 Å². The van der Waals surface area contributed by atoms with Gasteiger partial charge in [-0.15, -0.1) is 0 Å². The number of hydrogen-bond donors (Lipinski definition) is 2. The van der Waals surface area contributed by atoms with Crippen molar-refractivity contribution >= 4 is 28.4 Å². The molecule has 0 spiro atoms. The first-order valence-electron chi connectivity index (χ1n) is 14.4. The quantitative estimate of drug-likeness (QED) is 0.194. The van der Waals surface area contributed by atoms with Crippen molar-refractivity contribution in [2.24, 2.45) is 0 Å². The van der Waals surface area contributed by atoms with Gasteiger partial charge in [0.05, 0.1) is 35.0 Å². The second-order valence-electron chi connectivity index (χ2n) is 11.4. The molecule has 218 valence electrons. The molecule has 2 N–H and O–H groups in total. The van der Waals surface area contributed by atoms with Crippen LogP contribution in [0.3, 0.4) is 0 Å². The molecule has 43 heavy (non-hydrogen) atoms. The Morgan fingerprint density at radius 1 is 1.00 bits per heavy atom. The van der Waals surface area contributed by atoms with E-state index in [4.69, 9.17) is 4.98 Å². The van der Waals surface area contributed by atoms with Gasteiger partial charge in [-0.25, -0.2) is 9.97 Å². The number of anilines is 2. The molecule has 1 atom stereocenters. The summed E-state index contributed by atoms with van der Waals surface area (Å²) in [6.45, 7) is 1.83. The molecule has 7 nitrogen and oxygen atoms in total. The summed E-state index contributed by atoms with van der Waals surface area (Å²) < 4.78 is 41.5. The summed E-state index contributed by atoms with van der Waals surface area (Å²) in [6.07, 6.45) is 5.58. The van der Waals surface area contributed by atoms with Crippen molar-refractivity contribution in [3.8, 4) is 11.1 Å². The number of aromatic nitrogens is 4. The van der Waals surface area contributed by atoms with Gasteiger partial charge in [0, 0.05) is 23.3 Å². The molecule has 3 aromatic carbocycles. The molecule has 0 bridgehead atoms. The van der Waals surface area contributed by atoms with Gasteiger partial charge in [-0.2, -0.15) is 18.3 Å². The predicted octanol–water partition coefficient (Wildman–Crippen LogP) is 7.96. The number of halogens is 3. The second kappa shape index (κ2) is 10.5. The lowest BCUT2D eigenvalue weighted by Gasteiger charge is -2.18. The van der Waals surface area contributed by atoms with Gasteiger partial charge >= 0.3 is 6.18 Å². The van der Waals surface area contributed by atoms with Crippen LogP contribution in [0.4, 0.5) is 24.8 Å². The average molecular weight is 583 g/mol. The number of benzene rings is 3. The number of carbonyl (C=O) groups excluding carboxylic acids is 1. The first-order valence-corrected chi connectivity index (χ1v) is 14.4. The fourth-order valence-corrected chi connectivity index (χ4v) is 5.37. The molecule has 0 radical (unpaired) electrons.